The molecule has 112 valence electrons. The van der Waals surface area contributed by atoms with Gasteiger partial charge in [-0.25, -0.2) is 0 Å². The highest BCUT2D eigenvalue weighted by molar-refractivity contribution is 5.39. The Kier molecular flexibility index (Phi) is 5.34. The van der Waals surface area contributed by atoms with Crippen molar-refractivity contribution in [2.45, 2.75) is 39.8 Å². The van der Waals surface area contributed by atoms with Gasteiger partial charge in [-0.2, -0.15) is 0 Å². The number of pyridine rings is 1. The van der Waals surface area contributed by atoms with E-state index in [1.807, 2.05) is 25.2 Å². The normalized spacial score (nSPS) is 10.9. The number of nitrogens with zero attached hydrogens (tertiary/aromatic N) is 1. The SMILES string of the molecule is CNCc1cccc(COc2cc(C)ccc2C(C)C)n1. The summed E-state index contributed by atoms with van der Waals surface area (Å²) in [7, 11) is 1.92. The molecule has 0 aliphatic rings. The van der Waals surface area contributed by atoms with Gasteiger partial charge in [-0.1, -0.05) is 32.0 Å². The minimum Gasteiger partial charge on any atom is -0.487 e. The van der Waals surface area contributed by atoms with Gasteiger partial charge in [-0.3, -0.25) is 4.98 Å². The van der Waals surface area contributed by atoms with Crippen LogP contribution in [0.25, 0.3) is 0 Å². The van der Waals surface area contributed by atoms with Gasteiger partial charge in [-0.15, -0.1) is 0 Å². The molecule has 1 N–H and O–H groups in total. The Hall–Kier alpha value is -1.87. The minimum atomic E-state index is 0.448. The van der Waals surface area contributed by atoms with Crippen molar-refractivity contribution in [1.82, 2.24) is 10.3 Å². The van der Waals surface area contributed by atoms with E-state index < -0.39 is 0 Å². The first-order chi connectivity index (χ1) is 10.1. The largest absolute Gasteiger partial charge is 0.487 e. The van der Waals surface area contributed by atoms with Crippen LogP contribution >= 0.6 is 0 Å². The number of aryl methyl sites for hydroxylation is 1. The van der Waals surface area contributed by atoms with E-state index in [-0.39, 0.29) is 0 Å². The van der Waals surface area contributed by atoms with Crippen LogP contribution in [-0.4, -0.2) is 12.0 Å². The van der Waals surface area contributed by atoms with Crippen molar-refractivity contribution in [2.24, 2.45) is 0 Å². The maximum absolute atomic E-state index is 6.02. The summed E-state index contributed by atoms with van der Waals surface area (Å²) < 4.78 is 6.02. The van der Waals surface area contributed by atoms with Crippen LogP contribution in [0.15, 0.2) is 36.4 Å². The highest BCUT2D eigenvalue weighted by Gasteiger charge is 2.08. The summed E-state index contributed by atoms with van der Waals surface area (Å²) in [5.74, 6) is 1.41. The zero-order chi connectivity index (χ0) is 15.2. The van der Waals surface area contributed by atoms with Gasteiger partial charge in [0.05, 0.1) is 11.4 Å². The predicted octanol–water partition coefficient (Wildman–Crippen LogP) is 3.81. The lowest BCUT2D eigenvalue weighted by molar-refractivity contribution is 0.296. The summed E-state index contributed by atoms with van der Waals surface area (Å²) in [6, 6.07) is 12.4. The number of rotatable bonds is 6. The van der Waals surface area contributed by atoms with Gasteiger partial charge in [-0.05, 0) is 49.2 Å². The maximum atomic E-state index is 6.02. The maximum Gasteiger partial charge on any atom is 0.130 e. The van der Waals surface area contributed by atoms with E-state index in [2.05, 4.69) is 49.3 Å². The summed E-state index contributed by atoms with van der Waals surface area (Å²) in [5, 5.41) is 3.11. The lowest BCUT2D eigenvalue weighted by Gasteiger charge is -2.15. The Morgan fingerprint density at radius 1 is 1.14 bits per heavy atom. The van der Waals surface area contributed by atoms with E-state index in [0.29, 0.717) is 12.5 Å². The van der Waals surface area contributed by atoms with E-state index >= 15 is 0 Å². The molecule has 0 atom stereocenters. The Balaban J connectivity index is 2.12. The van der Waals surface area contributed by atoms with Crippen molar-refractivity contribution in [3.05, 3.63) is 58.9 Å². The molecule has 2 aromatic rings. The summed E-state index contributed by atoms with van der Waals surface area (Å²) in [6.07, 6.45) is 0. The first-order valence-electron chi connectivity index (χ1n) is 7.43. The number of ether oxygens (including phenoxy) is 1. The van der Waals surface area contributed by atoms with Gasteiger partial charge in [0.25, 0.3) is 0 Å². The second kappa shape index (κ2) is 7.23. The van der Waals surface area contributed by atoms with Crippen molar-refractivity contribution < 1.29 is 4.74 Å². The molecule has 2 rings (SSSR count). The number of aromatic nitrogens is 1. The van der Waals surface area contributed by atoms with Crippen molar-refractivity contribution in [1.29, 1.82) is 0 Å². The summed E-state index contributed by atoms with van der Waals surface area (Å²) in [6.45, 7) is 7.73. The van der Waals surface area contributed by atoms with Crippen molar-refractivity contribution in [3.8, 4) is 5.75 Å². The van der Waals surface area contributed by atoms with Crippen molar-refractivity contribution in [2.75, 3.05) is 7.05 Å². The van der Waals surface area contributed by atoms with Crippen LogP contribution in [-0.2, 0) is 13.2 Å². The van der Waals surface area contributed by atoms with E-state index in [9.17, 15) is 0 Å². The Bertz CT molecular complexity index is 594. The fourth-order valence-corrected chi connectivity index (χ4v) is 2.28. The average molecular weight is 284 g/mol. The van der Waals surface area contributed by atoms with Gasteiger partial charge in [0.2, 0.25) is 0 Å². The van der Waals surface area contributed by atoms with E-state index in [0.717, 1.165) is 23.7 Å². The minimum absolute atomic E-state index is 0.448. The number of hydrogen-bond acceptors (Lipinski definition) is 3. The summed E-state index contributed by atoms with van der Waals surface area (Å²) in [5.41, 5.74) is 4.45. The second-order valence-electron chi connectivity index (χ2n) is 5.64. The molecule has 21 heavy (non-hydrogen) atoms. The van der Waals surface area contributed by atoms with Gasteiger partial charge < -0.3 is 10.1 Å². The lowest BCUT2D eigenvalue weighted by Crippen LogP contribution is -2.09. The van der Waals surface area contributed by atoms with Crippen LogP contribution in [0.1, 0.15) is 42.3 Å². The van der Waals surface area contributed by atoms with E-state index in [1.54, 1.807) is 0 Å². The highest BCUT2D eigenvalue weighted by atomic mass is 16.5. The molecular formula is C18H24N2O. The summed E-state index contributed by atoms with van der Waals surface area (Å²) >= 11 is 0. The van der Waals surface area contributed by atoms with Crippen LogP contribution in [0.2, 0.25) is 0 Å². The fourth-order valence-electron chi connectivity index (χ4n) is 2.28. The predicted molar refractivity (Wildman–Crippen MR) is 86.6 cm³/mol. The molecule has 0 bridgehead atoms. The fraction of sp³-hybridized carbons (Fsp3) is 0.389. The van der Waals surface area contributed by atoms with Crippen molar-refractivity contribution >= 4 is 0 Å². The molecular weight excluding hydrogens is 260 g/mol. The monoisotopic (exact) mass is 284 g/mol. The Morgan fingerprint density at radius 2 is 1.90 bits per heavy atom. The molecule has 0 aliphatic heterocycles. The van der Waals surface area contributed by atoms with Gasteiger partial charge >= 0.3 is 0 Å². The molecule has 0 aliphatic carbocycles. The molecule has 0 saturated carbocycles. The third-order valence-corrected chi connectivity index (χ3v) is 3.39. The van der Waals surface area contributed by atoms with E-state index in [4.69, 9.17) is 4.74 Å². The topological polar surface area (TPSA) is 34.1 Å². The van der Waals surface area contributed by atoms with Crippen LogP contribution in [0.4, 0.5) is 0 Å². The Labute approximate surface area is 127 Å². The van der Waals surface area contributed by atoms with Crippen molar-refractivity contribution in [3.63, 3.8) is 0 Å². The highest BCUT2D eigenvalue weighted by Crippen LogP contribution is 2.28. The summed E-state index contributed by atoms with van der Waals surface area (Å²) in [4.78, 5) is 4.59. The molecule has 1 aromatic carbocycles. The quantitative estimate of drug-likeness (QED) is 0.876. The molecule has 1 aromatic heterocycles. The standard InChI is InChI=1S/C18H24N2O/c1-13(2)17-9-8-14(3)10-18(17)21-12-16-7-5-6-15(20-16)11-19-4/h5-10,13,19H,11-12H2,1-4H3. The van der Waals surface area contributed by atoms with Crippen LogP contribution in [0.5, 0.6) is 5.75 Å². The van der Waals surface area contributed by atoms with E-state index in [1.165, 1.54) is 11.1 Å². The molecule has 0 fully saturated rings. The van der Waals surface area contributed by atoms with Gasteiger partial charge in [0.15, 0.2) is 0 Å². The lowest BCUT2D eigenvalue weighted by atomic mass is 10.0. The first-order valence-corrected chi connectivity index (χ1v) is 7.43. The third kappa shape index (κ3) is 4.30. The number of benzene rings is 1. The molecule has 0 radical (unpaired) electrons. The molecule has 3 nitrogen and oxygen atoms in total. The molecule has 0 saturated heterocycles. The van der Waals surface area contributed by atoms with Crippen LogP contribution in [0, 0.1) is 6.92 Å². The third-order valence-electron chi connectivity index (χ3n) is 3.39. The molecule has 3 heteroatoms. The van der Waals surface area contributed by atoms with Gasteiger partial charge in [0.1, 0.15) is 12.4 Å². The molecule has 0 amide bonds. The number of hydrogen-bond donors (Lipinski definition) is 1. The zero-order valence-electron chi connectivity index (χ0n) is 13.3. The average Bonchev–Trinajstić information content (AvgIpc) is 2.45. The molecule has 0 spiro atoms. The molecule has 0 unspecified atom stereocenters. The molecule has 1 heterocycles. The van der Waals surface area contributed by atoms with Crippen LogP contribution in [0.3, 0.4) is 0 Å². The first kappa shape index (κ1) is 15.5. The van der Waals surface area contributed by atoms with Crippen LogP contribution < -0.4 is 10.1 Å². The van der Waals surface area contributed by atoms with Gasteiger partial charge in [0, 0.05) is 6.54 Å². The second-order valence-corrected chi connectivity index (χ2v) is 5.64. The number of nitrogens with one attached hydrogen (secondary N) is 1. The zero-order valence-corrected chi connectivity index (χ0v) is 13.3. The smallest absolute Gasteiger partial charge is 0.130 e. The Morgan fingerprint density at radius 3 is 2.62 bits per heavy atom.